The van der Waals surface area contributed by atoms with Crippen molar-refractivity contribution in [2.45, 2.75) is 0 Å². The molecule has 0 aliphatic heterocycles. The molecule has 1 aromatic heterocycles. The lowest BCUT2D eigenvalue weighted by molar-refractivity contribution is 0.672. The first kappa shape index (κ1) is 26.3. The highest BCUT2D eigenvalue weighted by atomic mass is 16.3. The van der Waals surface area contributed by atoms with E-state index in [1.165, 1.54) is 38.4 Å². The third-order valence-electron chi connectivity index (χ3n) is 9.05. The molecule has 0 fully saturated rings. The smallest absolute Gasteiger partial charge is 0.143 e. The molecule has 0 saturated carbocycles. The fourth-order valence-corrected chi connectivity index (χ4v) is 7.01. The van der Waals surface area contributed by atoms with E-state index in [-0.39, 0.29) is 0 Å². The zero-order chi connectivity index (χ0) is 30.5. The topological polar surface area (TPSA) is 16.4 Å². The first-order chi connectivity index (χ1) is 22.8. The summed E-state index contributed by atoms with van der Waals surface area (Å²) in [4.78, 5) is 2.38. The molecule has 2 heteroatoms. The summed E-state index contributed by atoms with van der Waals surface area (Å²) in [6.45, 7) is 0. The van der Waals surface area contributed by atoms with E-state index in [4.69, 9.17) is 4.42 Å². The van der Waals surface area contributed by atoms with Crippen LogP contribution in [0.2, 0.25) is 0 Å². The van der Waals surface area contributed by atoms with Gasteiger partial charge in [0.25, 0.3) is 0 Å². The van der Waals surface area contributed by atoms with Gasteiger partial charge in [0.15, 0.2) is 0 Å². The van der Waals surface area contributed by atoms with Gasteiger partial charge in [-0.3, -0.25) is 0 Å². The molecule has 0 radical (unpaired) electrons. The minimum Gasteiger partial charge on any atom is -0.455 e. The molecule has 9 aromatic rings. The van der Waals surface area contributed by atoms with Gasteiger partial charge in [-0.2, -0.15) is 0 Å². The van der Waals surface area contributed by atoms with Gasteiger partial charge in [-0.25, -0.2) is 0 Å². The van der Waals surface area contributed by atoms with Gasteiger partial charge >= 0.3 is 0 Å². The predicted molar refractivity (Wildman–Crippen MR) is 194 cm³/mol. The molecule has 0 aliphatic rings. The Hall–Kier alpha value is -6.12. The summed E-state index contributed by atoms with van der Waals surface area (Å²) in [5, 5.41) is 6.88. The normalized spacial score (nSPS) is 11.5. The number of rotatable bonds is 5. The molecule has 0 atom stereocenters. The van der Waals surface area contributed by atoms with Crippen molar-refractivity contribution in [2.24, 2.45) is 0 Å². The number of anilines is 3. The second kappa shape index (κ2) is 10.8. The zero-order valence-electron chi connectivity index (χ0n) is 25.1. The number of furan rings is 1. The lowest BCUT2D eigenvalue weighted by Crippen LogP contribution is -2.10. The maximum atomic E-state index is 6.79. The van der Waals surface area contributed by atoms with Crippen molar-refractivity contribution in [3.05, 3.63) is 176 Å². The molecule has 0 spiro atoms. The van der Waals surface area contributed by atoms with Crippen molar-refractivity contribution < 1.29 is 4.42 Å². The van der Waals surface area contributed by atoms with Crippen LogP contribution in [0.3, 0.4) is 0 Å². The van der Waals surface area contributed by atoms with Gasteiger partial charge in [-0.1, -0.05) is 140 Å². The van der Waals surface area contributed by atoms with Crippen LogP contribution in [0, 0.1) is 0 Å². The summed E-state index contributed by atoms with van der Waals surface area (Å²) in [5.41, 5.74) is 9.88. The maximum Gasteiger partial charge on any atom is 0.143 e. The van der Waals surface area contributed by atoms with Crippen LogP contribution < -0.4 is 4.90 Å². The average Bonchev–Trinajstić information content (AvgIpc) is 3.52. The fraction of sp³-hybridized carbons (Fsp3) is 0. The van der Waals surface area contributed by atoms with E-state index in [9.17, 15) is 0 Å². The van der Waals surface area contributed by atoms with Crippen LogP contribution in [-0.4, -0.2) is 0 Å². The molecule has 2 nitrogen and oxygen atoms in total. The lowest BCUT2D eigenvalue weighted by Gasteiger charge is -2.27. The zero-order valence-corrected chi connectivity index (χ0v) is 25.1. The Labute approximate surface area is 267 Å². The first-order valence-electron chi connectivity index (χ1n) is 15.7. The van der Waals surface area contributed by atoms with Gasteiger partial charge in [0, 0.05) is 21.8 Å². The van der Waals surface area contributed by atoms with E-state index in [1.54, 1.807) is 0 Å². The van der Waals surface area contributed by atoms with Gasteiger partial charge < -0.3 is 9.32 Å². The molecular formula is C44H29NO. The molecule has 0 N–H and O–H groups in total. The average molecular weight is 588 g/mol. The van der Waals surface area contributed by atoms with Gasteiger partial charge in [0.2, 0.25) is 0 Å². The summed E-state index contributed by atoms with van der Waals surface area (Å²) in [6.07, 6.45) is 0. The Kier molecular flexibility index (Phi) is 6.17. The number of hydrogen-bond donors (Lipinski definition) is 0. The van der Waals surface area contributed by atoms with Crippen LogP contribution in [0.1, 0.15) is 0 Å². The van der Waals surface area contributed by atoms with Gasteiger partial charge in [-0.15, -0.1) is 0 Å². The van der Waals surface area contributed by atoms with Crippen LogP contribution in [0.25, 0.3) is 65.7 Å². The molecule has 0 amide bonds. The first-order valence-corrected chi connectivity index (χ1v) is 15.7. The SMILES string of the molecule is c1ccc(-c2ccccc2-c2cc3c(oc4cccc(N(c5ccccc5)c5cccc6ccccc56)c43)c3ccccc23)cc1. The highest BCUT2D eigenvalue weighted by Gasteiger charge is 2.23. The van der Waals surface area contributed by atoms with Crippen molar-refractivity contribution >= 4 is 60.5 Å². The molecular weight excluding hydrogens is 558 g/mol. The molecule has 8 aromatic carbocycles. The van der Waals surface area contributed by atoms with Crippen molar-refractivity contribution in [3.8, 4) is 22.3 Å². The van der Waals surface area contributed by atoms with Crippen molar-refractivity contribution in [2.75, 3.05) is 4.90 Å². The highest BCUT2D eigenvalue weighted by molar-refractivity contribution is 6.23. The van der Waals surface area contributed by atoms with Crippen LogP contribution in [-0.2, 0) is 0 Å². The Morgan fingerprint density at radius 3 is 1.83 bits per heavy atom. The second-order valence-corrected chi connectivity index (χ2v) is 11.7. The molecule has 0 aliphatic carbocycles. The van der Waals surface area contributed by atoms with Crippen LogP contribution in [0.5, 0.6) is 0 Å². The van der Waals surface area contributed by atoms with Crippen molar-refractivity contribution in [1.29, 1.82) is 0 Å². The molecule has 216 valence electrons. The third-order valence-corrected chi connectivity index (χ3v) is 9.05. The van der Waals surface area contributed by atoms with E-state index >= 15 is 0 Å². The summed E-state index contributed by atoms with van der Waals surface area (Å²) < 4.78 is 6.79. The van der Waals surface area contributed by atoms with Crippen LogP contribution >= 0.6 is 0 Å². The molecule has 0 bridgehead atoms. The van der Waals surface area contributed by atoms with E-state index in [1.807, 2.05) is 0 Å². The molecule has 0 unspecified atom stereocenters. The molecule has 0 saturated heterocycles. The van der Waals surface area contributed by atoms with Crippen molar-refractivity contribution in [3.63, 3.8) is 0 Å². The van der Waals surface area contributed by atoms with Crippen molar-refractivity contribution in [1.82, 2.24) is 0 Å². The standard InChI is InChI=1S/C44H29NO/c1-3-15-30(16-4-1)33-21-9-10-23-35(33)38-29-39-43-41(27-14-28-42(43)46-44(39)37-25-12-11-24-36(37)38)45(32-19-5-2-6-20-32)40-26-13-18-31-17-7-8-22-34(31)40/h1-29H. The predicted octanol–water partition coefficient (Wildman–Crippen LogP) is 12.7. The van der Waals surface area contributed by atoms with Gasteiger partial charge in [-0.05, 0) is 69.4 Å². The van der Waals surface area contributed by atoms with E-state index < -0.39 is 0 Å². The fourth-order valence-electron chi connectivity index (χ4n) is 7.01. The minimum atomic E-state index is 0.868. The Balaban J connectivity index is 1.39. The second-order valence-electron chi connectivity index (χ2n) is 11.7. The lowest BCUT2D eigenvalue weighted by atomic mass is 9.90. The quantitative estimate of drug-likeness (QED) is 0.199. The van der Waals surface area contributed by atoms with Gasteiger partial charge in [0.1, 0.15) is 11.2 Å². The highest BCUT2D eigenvalue weighted by Crippen LogP contribution is 2.48. The number of benzene rings is 8. The monoisotopic (exact) mass is 587 g/mol. The third kappa shape index (κ3) is 4.19. The van der Waals surface area contributed by atoms with E-state index in [0.29, 0.717) is 0 Å². The van der Waals surface area contributed by atoms with E-state index in [2.05, 4.69) is 181 Å². The maximum absolute atomic E-state index is 6.79. The van der Waals surface area contributed by atoms with Gasteiger partial charge in [0.05, 0.1) is 16.8 Å². The molecule has 1 heterocycles. The summed E-state index contributed by atoms with van der Waals surface area (Å²) in [6, 6.07) is 62.6. The summed E-state index contributed by atoms with van der Waals surface area (Å²) in [5.74, 6) is 0. The Morgan fingerprint density at radius 2 is 1.00 bits per heavy atom. The number of para-hydroxylation sites is 1. The summed E-state index contributed by atoms with van der Waals surface area (Å²) in [7, 11) is 0. The Bertz CT molecular complexity index is 2520. The number of hydrogen-bond acceptors (Lipinski definition) is 2. The molecule has 9 rings (SSSR count). The number of fused-ring (bicyclic) bond motifs is 6. The van der Waals surface area contributed by atoms with E-state index in [0.717, 1.165) is 44.4 Å². The minimum absolute atomic E-state index is 0.868. The van der Waals surface area contributed by atoms with Crippen LogP contribution in [0.4, 0.5) is 17.1 Å². The summed E-state index contributed by atoms with van der Waals surface area (Å²) >= 11 is 0. The number of nitrogens with zero attached hydrogens (tertiary/aromatic N) is 1. The van der Waals surface area contributed by atoms with Crippen LogP contribution in [0.15, 0.2) is 180 Å². The Morgan fingerprint density at radius 1 is 0.391 bits per heavy atom. The largest absolute Gasteiger partial charge is 0.455 e. The molecule has 46 heavy (non-hydrogen) atoms.